The van der Waals surface area contributed by atoms with Crippen molar-refractivity contribution < 1.29 is 79.5 Å². The minimum atomic E-state index is -1.88. The lowest BCUT2D eigenvalue weighted by molar-refractivity contribution is -0.370. The number of rotatable bonds is 8. The molecule has 0 aromatic rings. The average molecular weight is 560 g/mol. The summed E-state index contributed by atoms with van der Waals surface area (Å²) in [6, 6.07) is -1.42. The number of aliphatic hydroxyl groups is 10. The van der Waals surface area contributed by atoms with E-state index in [1.54, 1.807) is 0 Å². The van der Waals surface area contributed by atoms with Gasteiger partial charge in [-0.2, -0.15) is 0 Å². The zero-order valence-corrected chi connectivity index (χ0v) is 20.6. The summed E-state index contributed by atoms with van der Waals surface area (Å²) in [5.41, 5.74) is 0. The van der Waals surface area contributed by atoms with Gasteiger partial charge >= 0.3 is 0 Å². The molecule has 0 radical (unpaired) electrons. The zero-order valence-electron chi connectivity index (χ0n) is 20.6. The van der Waals surface area contributed by atoms with Crippen molar-refractivity contribution >= 4 is 5.91 Å². The van der Waals surface area contributed by atoms with Crippen molar-refractivity contribution in [1.82, 2.24) is 5.32 Å². The number of amides is 1. The monoisotopic (exact) mass is 559 g/mol. The van der Waals surface area contributed by atoms with Gasteiger partial charge in [0.05, 0.1) is 19.3 Å². The van der Waals surface area contributed by atoms with E-state index in [-0.39, 0.29) is 0 Å². The number of hydrogen-bond acceptors (Lipinski definition) is 16. The standard InChI is InChI=1S/C21H37NO16/c1-5(17-15(31)13(29)16(32)19(33)37-17)34-21-18(14(30)11(27)8(4-24)36-21)38-20-9(22-6(2)25)12(28)10(26)7(3-23)35-20/h5,7-21,23-24,26-33H,3-4H2,1-2H3,(H,22,25)/t5-,7+,8+,9+,10+,11+,12+,13-,14-,15-,16+,17+,18-,19?,20-,21-/m0/s1. The molecule has 3 aliphatic rings. The van der Waals surface area contributed by atoms with Gasteiger partial charge in [0.25, 0.3) is 0 Å². The second-order valence-electron chi connectivity index (χ2n) is 9.54. The molecule has 0 aromatic carbocycles. The van der Waals surface area contributed by atoms with Gasteiger partial charge < -0.3 is 80.1 Å². The quantitative estimate of drug-likeness (QED) is 0.132. The normalized spacial score (nSPS) is 48.9. The highest BCUT2D eigenvalue weighted by atomic mass is 16.8. The molecular formula is C21H37NO16. The summed E-state index contributed by atoms with van der Waals surface area (Å²) in [5.74, 6) is -0.647. The Morgan fingerprint density at radius 1 is 0.763 bits per heavy atom. The average Bonchev–Trinajstić information content (AvgIpc) is 2.87. The first-order valence-electron chi connectivity index (χ1n) is 12.0. The highest BCUT2D eigenvalue weighted by Gasteiger charge is 2.53. The van der Waals surface area contributed by atoms with E-state index in [9.17, 15) is 55.9 Å². The Hall–Kier alpha value is -1.13. The third kappa shape index (κ3) is 6.43. The summed E-state index contributed by atoms with van der Waals surface area (Å²) < 4.78 is 27.7. The van der Waals surface area contributed by atoms with E-state index in [4.69, 9.17) is 23.7 Å². The molecule has 0 spiro atoms. The molecule has 0 bridgehead atoms. The largest absolute Gasteiger partial charge is 0.394 e. The Morgan fingerprint density at radius 2 is 1.32 bits per heavy atom. The Morgan fingerprint density at radius 3 is 1.87 bits per heavy atom. The number of carbonyl (C=O) groups is 1. The molecule has 3 saturated heterocycles. The molecule has 1 unspecified atom stereocenters. The molecule has 3 heterocycles. The van der Waals surface area contributed by atoms with Gasteiger partial charge in [-0.3, -0.25) is 4.79 Å². The van der Waals surface area contributed by atoms with Crippen LogP contribution >= 0.6 is 0 Å². The van der Waals surface area contributed by atoms with Crippen molar-refractivity contribution in [3.63, 3.8) is 0 Å². The van der Waals surface area contributed by atoms with Gasteiger partial charge in [-0.05, 0) is 6.92 Å². The smallest absolute Gasteiger partial charge is 0.217 e. The summed E-state index contributed by atoms with van der Waals surface area (Å²) in [7, 11) is 0. The van der Waals surface area contributed by atoms with E-state index in [0.29, 0.717) is 0 Å². The van der Waals surface area contributed by atoms with Crippen molar-refractivity contribution in [3.8, 4) is 0 Å². The summed E-state index contributed by atoms with van der Waals surface area (Å²) >= 11 is 0. The van der Waals surface area contributed by atoms with Gasteiger partial charge in [0.15, 0.2) is 18.9 Å². The maximum Gasteiger partial charge on any atom is 0.217 e. The van der Waals surface area contributed by atoms with Crippen LogP contribution in [-0.2, 0) is 28.5 Å². The van der Waals surface area contributed by atoms with E-state index in [2.05, 4.69) is 5.32 Å². The number of aliphatic hydroxyl groups excluding tert-OH is 10. The van der Waals surface area contributed by atoms with Gasteiger partial charge in [0, 0.05) is 6.92 Å². The lowest BCUT2D eigenvalue weighted by Crippen LogP contribution is -2.68. The van der Waals surface area contributed by atoms with Crippen LogP contribution in [-0.4, -0.2) is 168 Å². The van der Waals surface area contributed by atoms with Crippen molar-refractivity contribution in [2.24, 2.45) is 0 Å². The molecule has 3 aliphatic heterocycles. The topological polar surface area (TPSA) is 278 Å². The van der Waals surface area contributed by atoms with Crippen LogP contribution in [0.5, 0.6) is 0 Å². The fourth-order valence-corrected chi connectivity index (χ4v) is 4.62. The Kier molecular flexibility index (Phi) is 10.8. The lowest BCUT2D eigenvalue weighted by Gasteiger charge is -2.48. The van der Waals surface area contributed by atoms with Crippen LogP contribution in [0.1, 0.15) is 13.8 Å². The summed E-state index contributed by atoms with van der Waals surface area (Å²) in [6.45, 7) is 0.923. The second kappa shape index (κ2) is 13.0. The highest BCUT2D eigenvalue weighted by Crippen LogP contribution is 2.32. The molecule has 3 rings (SSSR count). The van der Waals surface area contributed by atoms with E-state index >= 15 is 0 Å². The predicted molar refractivity (Wildman–Crippen MR) is 117 cm³/mol. The first kappa shape index (κ1) is 31.4. The van der Waals surface area contributed by atoms with Crippen molar-refractivity contribution in [1.29, 1.82) is 0 Å². The van der Waals surface area contributed by atoms with Crippen LogP contribution in [0.25, 0.3) is 0 Å². The first-order chi connectivity index (χ1) is 17.8. The molecule has 17 heteroatoms. The van der Waals surface area contributed by atoms with E-state index in [1.165, 1.54) is 6.92 Å². The van der Waals surface area contributed by atoms with Crippen molar-refractivity contribution in [2.75, 3.05) is 13.2 Å². The summed E-state index contributed by atoms with van der Waals surface area (Å²) in [6.07, 6.45) is -24.5. The number of ether oxygens (including phenoxy) is 5. The van der Waals surface area contributed by atoms with Crippen molar-refractivity contribution in [3.05, 3.63) is 0 Å². The van der Waals surface area contributed by atoms with Gasteiger partial charge in [0.2, 0.25) is 5.91 Å². The number of nitrogens with one attached hydrogen (secondary N) is 1. The molecule has 0 aromatic heterocycles. The van der Waals surface area contributed by atoms with E-state index in [0.717, 1.165) is 6.92 Å². The number of carbonyl (C=O) groups excluding carboxylic acids is 1. The Bertz CT molecular complexity index is 778. The van der Waals surface area contributed by atoms with Gasteiger partial charge in [-0.1, -0.05) is 0 Å². The highest BCUT2D eigenvalue weighted by molar-refractivity contribution is 5.73. The molecule has 0 aliphatic carbocycles. The zero-order chi connectivity index (χ0) is 28.5. The van der Waals surface area contributed by atoms with Crippen LogP contribution in [0.4, 0.5) is 0 Å². The SMILES string of the molecule is CC(=O)N[C@H]1[C@H](O[C@@H]2[C@@H](O[C@@H](C)[C@H]3OC(O)[C@H](O)[C@@H](O)[C@@H]3O)O[C@H](CO)[C@@H](O)[C@@H]2O)O[C@H](CO)[C@@H](O)[C@@H]1O. The molecule has 38 heavy (non-hydrogen) atoms. The van der Waals surface area contributed by atoms with E-state index < -0.39 is 117 Å². The first-order valence-corrected chi connectivity index (χ1v) is 12.0. The molecule has 1 amide bonds. The molecule has 222 valence electrons. The van der Waals surface area contributed by atoms with Gasteiger partial charge in [-0.25, -0.2) is 0 Å². The molecule has 11 N–H and O–H groups in total. The lowest BCUT2D eigenvalue weighted by atomic mass is 9.95. The maximum absolute atomic E-state index is 11.7. The number of hydrogen-bond donors (Lipinski definition) is 11. The maximum atomic E-state index is 11.7. The Balaban J connectivity index is 1.85. The predicted octanol–water partition coefficient (Wildman–Crippen LogP) is -7.04. The van der Waals surface area contributed by atoms with E-state index in [1.807, 2.05) is 0 Å². The van der Waals surface area contributed by atoms with Crippen LogP contribution in [0.2, 0.25) is 0 Å². The fourth-order valence-electron chi connectivity index (χ4n) is 4.62. The summed E-state index contributed by atoms with van der Waals surface area (Å²) in [4.78, 5) is 11.7. The molecule has 0 saturated carbocycles. The molecule has 16 atom stereocenters. The summed E-state index contributed by atoms with van der Waals surface area (Å²) in [5, 5.41) is 103. The van der Waals surface area contributed by atoms with Crippen LogP contribution in [0.15, 0.2) is 0 Å². The van der Waals surface area contributed by atoms with Crippen LogP contribution in [0.3, 0.4) is 0 Å². The molecule has 17 nitrogen and oxygen atoms in total. The minimum Gasteiger partial charge on any atom is -0.394 e. The Labute approximate surface area is 216 Å². The van der Waals surface area contributed by atoms with Crippen molar-refractivity contribution in [2.45, 2.75) is 112 Å². The fraction of sp³-hybridized carbons (Fsp3) is 0.952. The minimum absolute atomic E-state index is 0.647. The molecule has 3 fully saturated rings. The van der Waals surface area contributed by atoms with Gasteiger partial charge in [-0.15, -0.1) is 0 Å². The van der Waals surface area contributed by atoms with Crippen LogP contribution in [0, 0.1) is 0 Å². The van der Waals surface area contributed by atoms with Crippen LogP contribution < -0.4 is 5.32 Å². The molecular weight excluding hydrogens is 522 g/mol. The van der Waals surface area contributed by atoms with Gasteiger partial charge in [0.1, 0.15) is 73.2 Å². The second-order valence-corrected chi connectivity index (χ2v) is 9.54. The third-order valence-corrected chi connectivity index (χ3v) is 6.80. The third-order valence-electron chi connectivity index (χ3n) is 6.80.